The Hall–Kier alpha value is -0.790. The molecule has 0 radical (unpaired) electrons. The molecule has 0 unspecified atom stereocenters. The Balaban J connectivity index is 3.18. The summed E-state index contributed by atoms with van der Waals surface area (Å²) in [6.07, 6.45) is 44.1. The number of allylic oxidation sites excluding steroid dienone is 2. The van der Waals surface area contributed by atoms with Crippen LogP contribution >= 0.6 is 0 Å². The van der Waals surface area contributed by atoms with Gasteiger partial charge in [-0.1, -0.05) is 174 Å². The monoisotopic (exact) mass is 535 g/mol. The highest BCUT2D eigenvalue weighted by Crippen LogP contribution is 2.15. The molecule has 0 aromatic heterocycles. The third-order valence-corrected chi connectivity index (χ3v) is 7.90. The van der Waals surface area contributed by atoms with Crippen molar-refractivity contribution in [2.45, 2.75) is 206 Å². The fourth-order valence-electron chi connectivity index (χ4n) is 5.25. The van der Waals surface area contributed by atoms with Gasteiger partial charge in [-0.2, -0.15) is 0 Å². The lowest BCUT2D eigenvalue weighted by molar-refractivity contribution is -0.143. The molecule has 0 N–H and O–H groups in total. The number of carbonyl (C=O) groups excluding carboxylic acids is 1. The summed E-state index contributed by atoms with van der Waals surface area (Å²) in [4.78, 5) is 11.9. The first-order chi connectivity index (χ1) is 18.8. The summed E-state index contributed by atoms with van der Waals surface area (Å²) < 4.78 is 5.43. The van der Waals surface area contributed by atoms with Crippen LogP contribution in [0.3, 0.4) is 0 Å². The van der Waals surface area contributed by atoms with Gasteiger partial charge in [-0.05, 0) is 38.5 Å². The van der Waals surface area contributed by atoms with E-state index in [0.717, 1.165) is 12.8 Å². The van der Waals surface area contributed by atoms with E-state index in [1.165, 1.54) is 173 Å². The molecule has 226 valence electrons. The molecule has 0 saturated carbocycles. The van der Waals surface area contributed by atoms with Crippen LogP contribution < -0.4 is 0 Å². The highest BCUT2D eigenvalue weighted by molar-refractivity contribution is 5.69. The Morgan fingerprint density at radius 3 is 1.13 bits per heavy atom. The van der Waals surface area contributed by atoms with E-state index in [0.29, 0.717) is 13.0 Å². The van der Waals surface area contributed by atoms with Crippen molar-refractivity contribution in [3.8, 4) is 0 Å². The molecule has 0 heterocycles. The van der Waals surface area contributed by atoms with Crippen molar-refractivity contribution in [1.29, 1.82) is 0 Å². The second-order valence-corrected chi connectivity index (χ2v) is 11.9. The van der Waals surface area contributed by atoms with E-state index >= 15 is 0 Å². The van der Waals surface area contributed by atoms with Crippen molar-refractivity contribution in [2.24, 2.45) is 0 Å². The van der Waals surface area contributed by atoms with Gasteiger partial charge in [-0.25, -0.2) is 0 Å². The van der Waals surface area contributed by atoms with E-state index in [4.69, 9.17) is 4.74 Å². The van der Waals surface area contributed by atoms with Crippen LogP contribution in [0.2, 0.25) is 0 Å². The smallest absolute Gasteiger partial charge is 0.305 e. The summed E-state index contributed by atoms with van der Waals surface area (Å²) in [5, 5.41) is 0. The lowest BCUT2D eigenvalue weighted by Crippen LogP contribution is -2.05. The second-order valence-electron chi connectivity index (χ2n) is 11.9. The molecule has 2 nitrogen and oxygen atoms in total. The Kier molecular flexibility index (Phi) is 33.5. The van der Waals surface area contributed by atoms with E-state index in [2.05, 4.69) is 26.0 Å². The van der Waals surface area contributed by atoms with Crippen LogP contribution in [0.15, 0.2) is 12.2 Å². The number of hydrogen-bond acceptors (Lipinski definition) is 2. The lowest BCUT2D eigenvalue weighted by atomic mass is 10.0. The maximum absolute atomic E-state index is 11.9. The van der Waals surface area contributed by atoms with E-state index in [9.17, 15) is 4.79 Å². The zero-order chi connectivity index (χ0) is 27.6. The minimum Gasteiger partial charge on any atom is -0.466 e. The summed E-state index contributed by atoms with van der Waals surface area (Å²) in [5.74, 6) is 0.0172. The van der Waals surface area contributed by atoms with Gasteiger partial charge in [0.2, 0.25) is 0 Å². The van der Waals surface area contributed by atoms with Crippen molar-refractivity contribution in [3.63, 3.8) is 0 Å². The van der Waals surface area contributed by atoms with E-state index in [-0.39, 0.29) is 5.97 Å². The molecule has 0 aromatic rings. The minimum atomic E-state index is 0.0172. The summed E-state index contributed by atoms with van der Waals surface area (Å²) in [7, 11) is 0. The molecule has 0 aromatic carbocycles. The number of unbranched alkanes of at least 4 members (excludes halogenated alkanes) is 26. The second kappa shape index (κ2) is 34.2. The Labute approximate surface area is 240 Å². The predicted molar refractivity (Wildman–Crippen MR) is 170 cm³/mol. The fourth-order valence-corrected chi connectivity index (χ4v) is 5.25. The number of ether oxygens (including phenoxy) is 1. The molecule has 0 aliphatic rings. The van der Waals surface area contributed by atoms with E-state index in [1.807, 2.05) is 0 Å². The van der Waals surface area contributed by atoms with Crippen molar-refractivity contribution in [3.05, 3.63) is 12.2 Å². The number of hydrogen-bond donors (Lipinski definition) is 0. The van der Waals surface area contributed by atoms with Crippen LogP contribution in [0.5, 0.6) is 0 Å². The first kappa shape index (κ1) is 37.2. The zero-order valence-electron chi connectivity index (χ0n) is 26.4. The molecule has 0 aliphatic heterocycles. The number of esters is 1. The van der Waals surface area contributed by atoms with Gasteiger partial charge < -0.3 is 4.74 Å². The lowest BCUT2D eigenvalue weighted by Gasteiger charge is -2.05. The number of rotatable bonds is 32. The van der Waals surface area contributed by atoms with Crippen LogP contribution in [-0.2, 0) is 9.53 Å². The first-order valence-corrected chi connectivity index (χ1v) is 17.6. The Bertz CT molecular complexity index is 470. The average Bonchev–Trinajstić information content (AvgIpc) is 2.92. The van der Waals surface area contributed by atoms with Crippen LogP contribution in [0, 0.1) is 0 Å². The molecule has 38 heavy (non-hydrogen) atoms. The summed E-state index contributed by atoms with van der Waals surface area (Å²) in [5.41, 5.74) is 0. The van der Waals surface area contributed by atoms with Crippen molar-refractivity contribution in [1.82, 2.24) is 0 Å². The first-order valence-electron chi connectivity index (χ1n) is 17.6. The predicted octanol–water partition coefficient (Wildman–Crippen LogP) is 12.8. The highest BCUT2D eigenvalue weighted by atomic mass is 16.5. The fraction of sp³-hybridized carbons (Fsp3) is 0.917. The summed E-state index contributed by atoms with van der Waals surface area (Å²) in [6, 6.07) is 0. The zero-order valence-corrected chi connectivity index (χ0v) is 26.4. The molecule has 0 bridgehead atoms. The molecule has 2 heteroatoms. The molecule has 0 atom stereocenters. The van der Waals surface area contributed by atoms with Crippen molar-refractivity contribution >= 4 is 5.97 Å². The normalized spacial score (nSPS) is 11.5. The van der Waals surface area contributed by atoms with Crippen LogP contribution in [0.25, 0.3) is 0 Å². The molecule has 0 aliphatic carbocycles. The molecule has 0 fully saturated rings. The summed E-state index contributed by atoms with van der Waals surface area (Å²) >= 11 is 0. The van der Waals surface area contributed by atoms with Crippen LogP contribution in [0.1, 0.15) is 206 Å². The van der Waals surface area contributed by atoms with Crippen molar-refractivity contribution < 1.29 is 9.53 Å². The number of carbonyl (C=O) groups is 1. The molecule has 0 amide bonds. The molecular formula is C36H70O2. The van der Waals surface area contributed by atoms with E-state index < -0.39 is 0 Å². The van der Waals surface area contributed by atoms with Gasteiger partial charge in [0.25, 0.3) is 0 Å². The maximum Gasteiger partial charge on any atom is 0.305 e. The van der Waals surface area contributed by atoms with Gasteiger partial charge in [0.1, 0.15) is 0 Å². The largest absolute Gasteiger partial charge is 0.466 e. The van der Waals surface area contributed by atoms with Crippen molar-refractivity contribution in [2.75, 3.05) is 6.61 Å². The third-order valence-electron chi connectivity index (χ3n) is 7.90. The third kappa shape index (κ3) is 33.2. The highest BCUT2D eigenvalue weighted by Gasteiger charge is 2.02. The van der Waals surface area contributed by atoms with Crippen LogP contribution in [0.4, 0.5) is 0 Å². The molecular weight excluding hydrogens is 464 g/mol. The molecule has 0 spiro atoms. The quantitative estimate of drug-likeness (QED) is 0.0487. The van der Waals surface area contributed by atoms with Crippen LogP contribution in [-0.4, -0.2) is 12.6 Å². The minimum absolute atomic E-state index is 0.0172. The van der Waals surface area contributed by atoms with Gasteiger partial charge in [0.15, 0.2) is 0 Å². The van der Waals surface area contributed by atoms with Gasteiger partial charge in [0, 0.05) is 6.42 Å². The van der Waals surface area contributed by atoms with E-state index in [1.54, 1.807) is 0 Å². The topological polar surface area (TPSA) is 26.3 Å². The van der Waals surface area contributed by atoms with Gasteiger partial charge in [-0.15, -0.1) is 0 Å². The SMILES string of the molecule is CCCCCCCC/C=C/CCCCCCOC(=O)CCCCCCCCCCCCCCCCCCC. The maximum atomic E-state index is 11.9. The summed E-state index contributed by atoms with van der Waals surface area (Å²) in [6.45, 7) is 5.18. The Morgan fingerprint density at radius 1 is 0.421 bits per heavy atom. The van der Waals surface area contributed by atoms with Gasteiger partial charge >= 0.3 is 5.97 Å². The molecule has 0 rings (SSSR count). The Morgan fingerprint density at radius 2 is 0.737 bits per heavy atom. The molecule has 0 saturated heterocycles. The standard InChI is InChI=1S/C36H70O2/c1-3-5-7-9-11-13-15-17-19-20-21-22-24-26-28-30-32-34-36(37)38-35-33-31-29-27-25-23-18-16-14-12-10-8-6-4-2/h18,23H,3-17,19-22,24-35H2,1-2H3/b23-18+. The van der Waals surface area contributed by atoms with Gasteiger partial charge in [0.05, 0.1) is 6.61 Å². The average molecular weight is 535 g/mol. The van der Waals surface area contributed by atoms with Gasteiger partial charge in [-0.3, -0.25) is 4.79 Å².